The zero-order valence-electron chi connectivity index (χ0n) is 10.9. The van der Waals surface area contributed by atoms with Crippen LogP contribution in [0.4, 0.5) is 5.82 Å². The van der Waals surface area contributed by atoms with Gasteiger partial charge in [0.05, 0.1) is 0 Å². The third-order valence-corrected chi connectivity index (χ3v) is 3.40. The van der Waals surface area contributed by atoms with Gasteiger partial charge in [-0.2, -0.15) is 0 Å². The number of aromatic nitrogens is 3. The van der Waals surface area contributed by atoms with E-state index in [4.69, 9.17) is 0 Å². The Morgan fingerprint density at radius 2 is 2.11 bits per heavy atom. The van der Waals surface area contributed by atoms with Gasteiger partial charge in [0, 0.05) is 26.2 Å². The van der Waals surface area contributed by atoms with Crippen LogP contribution in [-0.2, 0) is 14.1 Å². The fourth-order valence-electron chi connectivity index (χ4n) is 2.21. The Morgan fingerprint density at radius 3 is 2.78 bits per heavy atom. The second-order valence-electron chi connectivity index (χ2n) is 4.75. The molecule has 0 aromatic carbocycles. The number of nitrogens with one attached hydrogen (secondary N) is 2. The van der Waals surface area contributed by atoms with E-state index in [1.165, 1.54) is 18.8 Å². The molecule has 7 heteroatoms. The first-order chi connectivity index (χ1) is 8.50. The molecule has 0 radical (unpaired) electrons. The van der Waals surface area contributed by atoms with Gasteiger partial charge in [-0.1, -0.05) is 0 Å². The lowest BCUT2D eigenvalue weighted by Crippen LogP contribution is -2.49. The Morgan fingerprint density at radius 1 is 1.39 bits per heavy atom. The molecule has 2 heterocycles. The van der Waals surface area contributed by atoms with Crippen LogP contribution in [0.3, 0.4) is 0 Å². The van der Waals surface area contributed by atoms with Crippen molar-refractivity contribution in [2.24, 2.45) is 14.1 Å². The summed E-state index contributed by atoms with van der Waals surface area (Å²) in [6.45, 7) is 3.07. The highest BCUT2D eigenvalue weighted by Crippen LogP contribution is 2.11. The molecule has 2 unspecified atom stereocenters. The van der Waals surface area contributed by atoms with Gasteiger partial charge in [-0.15, -0.1) is 5.10 Å². The molecule has 100 valence electrons. The summed E-state index contributed by atoms with van der Waals surface area (Å²) in [7, 11) is 3.00. The molecule has 18 heavy (non-hydrogen) atoms. The highest BCUT2D eigenvalue weighted by molar-refractivity contribution is 5.32. The topological polar surface area (TPSA) is 81.0 Å². The molecule has 0 amide bonds. The molecule has 1 saturated heterocycles. The molecule has 0 bridgehead atoms. The van der Waals surface area contributed by atoms with Crippen LogP contribution in [0.25, 0.3) is 0 Å². The minimum atomic E-state index is -0.416. The molecule has 1 aliphatic heterocycles. The van der Waals surface area contributed by atoms with Crippen LogP contribution in [0.5, 0.6) is 0 Å². The number of nitrogens with zero attached hydrogens (tertiary/aromatic N) is 3. The minimum absolute atomic E-state index is 0.163. The van der Waals surface area contributed by atoms with Crippen LogP contribution in [0.2, 0.25) is 0 Å². The first-order valence-electron chi connectivity index (χ1n) is 6.15. The van der Waals surface area contributed by atoms with Crippen molar-refractivity contribution in [2.75, 3.05) is 11.9 Å². The van der Waals surface area contributed by atoms with Crippen molar-refractivity contribution < 1.29 is 0 Å². The molecular formula is C11H19N5O2. The third kappa shape index (κ3) is 2.31. The maximum Gasteiger partial charge on any atom is 0.346 e. The number of anilines is 1. The highest BCUT2D eigenvalue weighted by Gasteiger charge is 2.22. The van der Waals surface area contributed by atoms with E-state index in [2.05, 4.69) is 22.7 Å². The predicted octanol–water partition coefficient (Wildman–Crippen LogP) is -0.969. The third-order valence-electron chi connectivity index (χ3n) is 3.40. The summed E-state index contributed by atoms with van der Waals surface area (Å²) in [5.41, 5.74) is -0.795. The number of piperidine rings is 1. The second-order valence-corrected chi connectivity index (χ2v) is 4.75. The first kappa shape index (κ1) is 12.8. The van der Waals surface area contributed by atoms with Gasteiger partial charge in [-0.3, -0.25) is 9.36 Å². The van der Waals surface area contributed by atoms with Crippen molar-refractivity contribution in [1.29, 1.82) is 0 Å². The van der Waals surface area contributed by atoms with Gasteiger partial charge in [0.25, 0.3) is 5.56 Å². The molecule has 7 nitrogen and oxygen atoms in total. The molecule has 0 aliphatic carbocycles. The number of rotatable bonds is 2. The van der Waals surface area contributed by atoms with Crippen molar-refractivity contribution in [3.05, 3.63) is 20.8 Å². The van der Waals surface area contributed by atoms with E-state index >= 15 is 0 Å². The number of hydrogen-bond donors (Lipinski definition) is 2. The van der Waals surface area contributed by atoms with Crippen molar-refractivity contribution in [3.8, 4) is 0 Å². The fourth-order valence-corrected chi connectivity index (χ4v) is 2.21. The van der Waals surface area contributed by atoms with Crippen molar-refractivity contribution in [2.45, 2.75) is 31.8 Å². The van der Waals surface area contributed by atoms with E-state index in [1.54, 1.807) is 0 Å². The van der Waals surface area contributed by atoms with Gasteiger partial charge in [-0.25, -0.2) is 9.48 Å². The van der Waals surface area contributed by atoms with E-state index in [0.717, 1.165) is 24.0 Å². The van der Waals surface area contributed by atoms with E-state index < -0.39 is 5.69 Å². The van der Waals surface area contributed by atoms with Crippen LogP contribution in [-0.4, -0.2) is 33.0 Å². The Labute approximate surface area is 105 Å². The molecule has 1 fully saturated rings. The predicted molar refractivity (Wildman–Crippen MR) is 68.8 cm³/mol. The maximum atomic E-state index is 11.9. The fraction of sp³-hybridized carbons (Fsp3) is 0.727. The molecule has 2 atom stereocenters. The lowest BCUT2D eigenvalue weighted by Gasteiger charge is -2.30. The van der Waals surface area contributed by atoms with E-state index in [-0.39, 0.29) is 23.5 Å². The molecule has 0 saturated carbocycles. The van der Waals surface area contributed by atoms with Gasteiger partial charge in [0.1, 0.15) is 0 Å². The molecule has 1 aliphatic rings. The normalized spacial score (nSPS) is 23.9. The van der Waals surface area contributed by atoms with Gasteiger partial charge in [0.15, 0.2) is 0 Å². The van der Waals surface area contributed by atoms with E-state index in [0.29, 0.717) is 0 Å². The van der Waals surface area contributed by atoms with Crippen LogP contribution < -0.4 is 21.9 Å². The summed E-state index contributed by atoms with van der Waals surface area (Å²) in [6, 6.07) is 0.443. The SMILES string of the molecule is CC1NCCCC1Nc1nn(C)c(=O)n(C)c1=O. The summed E-state index contributed by atoms with van der Waals surface area (Å²) >= 11 is 0. The van der Waals surface area contributed by atoms with Crippen molar-refractivity contribution >= 4 is 5.82 Å². The zero-order chi connectivity index (χ0) is 13.3. The van der Waals surface area contributed by atoms with Gasteiger partial charge < -0.3 is 10.6 Å². The quantitative estimate of drug-likeness (QED) is 0.709. The smallest absolute Gasteiger partial charge is 0.346 e. The lowest BCUT2D eigenvalue weighted by atomic mass is 10.00. The molecule has 1 aromatic rings. The van der Waals surface area contributed by atoms with Crippen LogP contribution in [0.15, 0.2) is 9.59 Å². The summed E-state index contributed by atoms with van der Waals surface area (Å²) < 4.78 is 2.24. The zero-order valence-corrected chi connectivity index (χ0v) is 10.9. The Hall–Kier alpha value is -1.63. The average Bonchev–Trinajstić information content (AvgIpc) is 2.36. The minimum Gasteiger partial charge on any atom is -0.360 e. The summed E-state index contributed by atoms with van der Waals surface area (Å²) in [5, 5.41) is 10.5. The number of hydrogen-bond acceptors (Lipinski definition) is 5. The Balaban J connectivity index is 2.29. The Bertz CT molecular complexity index is 547. The molecule has 2 N–H and O–H groups in total. The monoisotopic (exact) mass is 253 g/mol. The van der Waals surface area contributed by atoms with E-state index in [1.807, 2.05) is 0 Å². The van der Waals surface area contributed by atoms with Crippen LogP contribution >= 0.6 is 0 Å². The first-order valence-corrected chi connectivity index (χ1v) is 6.15. The summed E-state index contributed by atoms with van der Waals surface area (Å²) in [5.74, 6) is 0.236. The van der Waals surface area contributed by atoms with Gasteiger partial charge in [-0.05, 0) is 26.3 Å². The summed E-state index contributed by atoms with van der Waals surface area (Å²) in [4.78, 5) is 23.4. The average molecular weight is 253 g/mol. The van der Waals surface area contributed by atoms with Gasteiger partial charge in [0.2, 0.25) is 5.82 Å². The van der Waals surface area contributed by atoms with Gasteiger partial charge >= 0.3 is 5.69 Å². The molecular weight excluding hydrogens is 234 g/mol. The largest absolute Gasteiger partial charge is 0.360 e. The molecule has 1 aromatic heterocycles. The summed E-state index contributed by atoms with van der Waals surface area (Å²) in [6.07, 6.45) is 2.05. The molecule has 2 rings (SSSR count). The van der Waals surface area contributed by atoms with Crippen molar-refractivity contribution in [1.82, 2.24) is 19.7 Å². The van der Waals surface area contributed by atoms with Crippen LogP contribution in [0, 0.1) is 0 Å². The van der Waals surface area contributed by atoms with Crippen molar-refractivity contribution in [3.63, 3.8) is 0 Å². The van der Waals surface area contributed by atoms with E-state index in [9.17, 15) is 9.59 Å². The Kier molecular flexibility index (Phi) is 3.51. The second kappa shape index (κ2) is 4.93. The highest BCUT2D eigenvalue weighted by atomic mass is 16.2. The standard InChI is InChI=1S/C11H19N5O2/c1-7-8(5-4-6-12-7)13-9-10(17)15(2)11(18)16(3)14-9/h7-8,12H,4-6H2,1-3H3,(H,13,14). The number of aryl methyl sites for hydroxylation is 1. The molecule has 0 spiro atoms. The maximum absolute atomic E-state index is 11.9. The lowest BCUT2D eigenvalue weighted by molar-refractivity contribution is 0.387. The van der Waals surface area contributed by atoms with Crippen LogP contribution in [0.1, 0.15) is 19.8 Å².